The lowest BCUT2D eigenvalue weighted by molar-refractivity contribution is -0.100. The smallest absolute Gasteiger partial charge is 0.254 e. The van der Waals surface area contributed by atoms with Crippen molar-refractivity contribution in [3.63, 3.8) is 0 Å². The Kier molecular flexibility index (Phi) is 4.87. The standard InChI is InChI=1S/C18H20BrN3O3/c19-14-11-20-22(12-14)15-6-4-13(5-7-15)17(23)21-8-2-1-3-16(21)18-24-9-10-25-18/h4-7,11-12,16,18H,1-3,8-10H2. The first-order valence-electron chi connectivity index (χ1n) is 8.57. The quantitative estimate of drug-likeness (QED) is 0.787. The third-order valence-corrected chi connectivity index (χ3v) is 5.11. The van der Waals surface area contributed by atoms with Crippen molar-refractivity contribution in [3.8, 4) is 5.69 Å². The number of benzene rings is 1. The molecule has 1 atom stereocenters. The summed E-state index contributed by atoms with van der Waals surface area (Å²) in [5, 5.41) is 4.26. The van der Waals surface area contributed by atoms with E-state index < -0.39 is 0 Å². The predicted octanol–water partition coefficient (Wildman–Crippen LogP) is 3.00. The van der Waals surface area contributed by atoms with E-state index in [2.05, 4.69) is 21.0 Å². The van der Waals surface area contributed by atoms with Gasteiger partial charge >= 0.3 is 0 Å². The van der Waals surface area contributed by atoms with Crippen molar-refractivity contribution in [2.24, 2.45) is 0 Å². The van der Waals surface area contributed by atoms with Crippen LogP contribution in [0.4, 0.5) is 0 Å². The maximum absolute atomic E-state index is 13.0. The minimum atomic E-state index is -0.287. The number of carbonyl (C=O) groups excluding carboxylic acids is 1. The van der Waals surface area contributed by atoms with Crippen LogP contribution in [0.5, 0.6) is 0 Å². The molecule has 0 N–H and O–H groups in total. The fraction of sp³-hybridized carbons (Fsp3) is 0.444. The lowest BCUT2D eigenvalue weighted by Gasteiger charge is -2.38. The zero-order valence-electron chi connectivity index (χ0n) is 13.8. The molecule has 0 radical (unpaired) electrons. The van der Waals surface area contributed by atoms with Crippen LogP contribution in [0.2, 0.25) is 0 Å². The van der Waals surface area contributed by atoms with E-state index in [9.17, 15) is 4.79 Å². The number of likely N-dealkylation sites (tertiary alicyclic amines) is 1. The molecule has 7 heteroatoms. The number of piperidine rings is 1. The van der Waals surface area contributed by atoms with E-state index in [0.717, 1.165) is 36.0 Å². The van der Waals surface area contributed by atoms with Crippen molar-refractivity contribution in [2.45, 2.75) is 31.6 Å². The highest BCUT2D eigenvalue weighted by atomic mass is 79.9. The number of nitrogens with zero attached hydrogens (tertiary/aromatic N) is 3. The van der Waals surface area contributed by atoms with Gasteiger partial charge in [0, 0.05) is 18.3 Å². The summed E-state index contributed by atoms with van der Waals surface area (Å²) in [5.41, 5.74) is 1.60. The molecule has 25 heavy (non-hydrogen) atoms. The van der Waals surface area contributed by atoms with Crippen molar-refractivity contribution in [1.82, 2.24) is 14.7 Å². The lowest BCUT2D eigenvalue weighted by atomic mass is 10.00. The maximum atomic E-state index is 13.0. The summed E-state index contributed by atoms with van der Waals surface area (Å²) in [4.78, 5) is 14.9. The fourth-order valence-corrected chi connectivity index (χ4v) is 3.74. The molecule has 1 unspecified atom stereocenters. The van der Waals surface area contributed by atoms with Gasteiger partial charge in [0.15, 0.2) is 6.29 Å². The van der Waals surface area contributed by atoms with Crippen LogP contribution >= 0.6 is 15.9 Å². The van der Waals surface area contributed by atoms with E-state index >= 15 is 0 Å². The van der Waals surface area contributed by atoms with Crippen molar-refractivity contribution in [2.75, 3.05) is 19.8 Å². The number of aromatic nitrogens is 2. The van der Waals surface area contributed by atoms with Crippen LogP contribution in [0, 0.1) is 0 Å². The van der Waals surface area contributed by atoms with Gasteiger partial charge in [0.1, 0.15) is 0 Å². The average Bonchev–Trinajstić information content (AvgIpc) is 3.33. The molecule has 4 rings (SSSR count). The summed E-state index contributed by atoms with van der Waals surface area (Å²) >= 11 is 3.39. The van der Waals surface area contributed by atoms with E-state index in [1.807, 2.05) is 35.4 Å². The second-order valence-electron chi connectivity index (χ2n) is 6.32. The third kappa shape index (κ3) is 3.49. The number of halogens is 1. The molecule has 2 fully saturated rings. The molecule has 132 valence electrons. The molecule has 3 heterocycles. The molecule has 1 aromatic heterocycles. The zero-order chi connectivity index (χ0) is 17.2. The van der Waals surface area contributed by atoms with Crippen LogP contribution in [0.3, 0.4) is 0 Å². The third-order valence-electron chi connectivity index (χ3n) is 4.70. The lowest BCUT2D eigenvalue weighted by Crippen LogP contribution is -2.50. The van der Waals surface area contributed by atoms with Gasteiger partial charge in [-0.2, -0.15) is 5.10 Å². The van der Waals surface area contributed by atoms with Gasteiger partial charge < -0.3 is 14.4 Å². The molecule has 0 saturated carbocycles. The van der Waals surface area contributed by atoms with E-state index in [1.54, 1.807) is 10.9 Å². The molecule has 1 amide bonds. The van der Waals surface area contributed by atoms with Crippen LogP contribution in [0.15, 0.2) is 41.1 Å². The van der Waals surface area contributed by atoms with Crippen molar-refractivity contribution in [1.29, 1.82) is 0 Å². The Hall–Kier alpha value is -1.70. The van der Waals surface area contributed by atoms with Crippen LogP contribution < -0.4 is 0 Å². The Morgan fingerprint density at radius 2 is 1.92 bits per heavy atom. The summed E-state index contributed by atoms with van der Waals surface area (Å²) in [7, 11) is 0. The minimum Gasteiger partial charge on any atom is -0.348 e. The van der Waals surface area contributed by atoms with Gasteiger partial charge in [0.2, 0.25) is 0 Å². The first-order valence-corrected chi connectivity index (χ1v) is 9.36. The number of ether oxygens (including phenoxy) is 2. The highest BCUT2D eigenvalue weighted by Crippen LogP contribution is 2.26. The SMILES string of the molecule is O=C(c1ccc(-n2cc(Br)cn2)cc1)N1CCCCC1C1OCCO1. The van der Waals surface area contributed by atoms with E-state index in [4.69, 9.17) is 9.47 Å². The van der Waals surface area contributed by atoms with Gasteiger partial charge in [-0.1, -0.05) is 0 Å². The Morgan fingerprint density at radius 1 is 1.16 bits per heavy atom. The molecule has 0 aliphatic carbocycles. The number of carbonyl (C=O) groups is 1. The first kappa shape index (κ1) is 16.8. The molecule has 0 spiro atoms. The monoisotopic (exact) mass is 405 g/mol. The Bertz CT molecular complexity index is 740. The normalized spacial score (nSPS) is 21.6. The summed E-state index contributed by atoms with van der Waals surface area (Å²) in [5.74, 6) is 0.0389. The average molecular weight is 406 g/mol. The number of amides is 1. The maximum Gasteiger partial charge on any atom is 0.254 e. The second kappa shape index (κ2) is 7.27. The highest BCUT2D eigenvalue weighted by Gasteiger charge is 2.36. The van der Waals surface area contributed by atoms with Crippen LogP contribution in [0.25, 0.3) is 5.69 Å². The molecule has 2 aliphatic rings. The Balaban J connectivity index is 1.52. The van der Waals surface area contributed by atoms with Gasteiger partial charge in [0.25, 0.3) is 5.91 Å². The topological polar surface area (TPSA) is 56.6 Å². The van der Waals surface area contributed by atoms with E-state index in [-0.39, 0.29) is 18.2 Å². The van der Waals surface area contributed by atoms with Crippen LogP contribution in [-0.2, 0) is 9.47 Å². The molecule has 2 aromatic rings. The fourth-order valence-electron chi connectivity index (χ4n) is 3.46. The first-order chi connectivity index (χ1) is 12.2. The summed E-state index contributed by atoms with van der Waals surface area (Å²) < 4.78 is 14.0. The molecule has 2 aliphatic heterocycles. The van der Waals surface area contributed by atoms with E-state index in [1.165, 1.54) is 0 Å². The number of hydrogen-bond acceptors (Lipinski definition) is 4. The zero-order valence-corrected chi connectivity index (χ0v) is 15.4. The van der Waals surface area contributed by atoms with Gasteiger partial charge in [-0.15, -0.1) is 0 Å². The molecule has 0 bridgehead atoms. The molecule has 6 nitrogen and oxygen atoms in total. The van der Waals surface area contributed by atoms with Crippen molar-refractivity contribution in [3.05, 3.63) is 46.7 Å². The summed E-state index contributed by atoms with van der Waals surface area (Å²) in [6, 6.07) is 7.54. The number of hydrogen-bond donors (Lipinski definition) is 0. The molecular formula is C18H20BrN3O3. The second-order valence-corrected chi connectivity index (χ2v) is 7.24. The molecular weight excluding hydrogens is 386 g/mol. The Morgan fingerprint density at radius 3 is 2.60 bits per heavy atom. The van der Waals surface area contributed by atoms with Gasteiger partial charge in [-0.3, -0.25) is 4.79 Å². The molecule has 1 aromatic carbocycles. The number of rotatable bonds is 3. The van der Waals surface area contributed by atoms with Gasteiger partial charge in [-0.05, 0) is 59.5 Å². The van der Waals surface area contributed by atoms with E-state index in [0.29, 0.717) is 18.8 Å². The predicted molar refractivity (Wildman–Crippen MR) is 95.6 cm³/mol. The van der Waals surface area contributed by atoms with Crippen molar-refractivity contribution < 1.29 is 14.3 Å². The summed E-state index contributed by atoms with van der Waals surface area (Å²) in [6.07, 6.45) is 6.38. The highest BCUT2D eigenvalue weighted by molar-refractivity contribution is 9.10. The van der Waals surface area contributed by atoms with Gasteiger partial charge in [0.05, 0.1) is 35.6 Å². The largest absolute Gasteiger partial charge is 0.348 e. The van der Waals surface area contributed by atoms with Crippen LogP contribution in [0.1, 0.15) is 29.6 Å². The van der Waals surface area contributed by atoms with Crippen LogP contribution in [-0.4, -0.2) is 52.7 Å². The molecule has 2 saturated heterocycles. The van der Waals surface area contributed by atoms with Gasteiger partial charge in [-0.25, -0.2) is 4.68 Å². The minimum absolute atomic E-state index is 0.00509. The van der Waals surface area contributed by atoms with Crippen molar-refractivity contribution >= 4 is 21.8 Å². The Labute approximate surface area is 154 Å². The summed E-state index contributed by atoms with van der Waals surface area (Å²) in [6.45, 7) is 1.97.